The minimum Gasteiger partial charge on any atom is -0.324 e. The number of likely N-dealkylation sites (tertiary alicyclic amines) is 1. The lowest BCUT2D eigenvalue weighted by molar-refractivity contribution is -0.136. The van der Waals surface area contributed by atoms with Crippen LogP contribution in [-0.4, -0.2) is 52.7 Å². The summed E-state index contributed by atoms with van der Waals surface area (Å²) in [4.78, 5) is 52.5. The number of nitrogens with one attached hydrogen (secondary N) is 2. The molecule has 3 heterocycles. The number of amides is 5. The Bertz CT molecular complexity index is 1110. The Balaban J connectivity index is 1.22. The van der Waals surface area contributed by atoms with Gasteiger partial charge in [0.1, 0.15) is 6.04 Å². The van der Waals surface area contributed by atoms with E-state index in [4.69, 9.17) is 0 Å². The summed E-state index contributed by atoms with van der Waals surface area (Å²) >= 11 is 0. The average Bonchev–Trinajstić information content (AvgIpc) is 3.15. The highest BCUT2D eigenvalue weighted by atomic mass is 16.2. The predicted molar refractivity (Wildman–Crippen MR) is 121 cm³/mol. The van der Waals surface area contributed by atoms with Crippen LogP contribution in [0, 0.1) is 0 Å². The lowest BCUT2D eigenvalue weighted by atomic mass is 9.88. The Morgan fingerprint density at radius 1 is 0.970 bits per heavy atom. The highest BCUT2D eigenvalue weighted by Gasteiger charge is 2.39. The van der Waals surface area contributed by atoms with Crippen LogP contribution in [0.3, 0.4) is 0 Å². The molecule has 1 atom stereocenters. The molecule has 3 aliphatic heterocycles. The summed E-state index contributed by atoms with van der Waals surface area (Å²) < 4.78 is 0. The van der Waals surface area contributed by atoms with Crippen LogP contribution in [0.5, 0.6) is 0 Å². The van der Waals surface area contributed by atoms with Crippen molar-refractivity contribution in [2.75, 3.05) is 18.4 Å². The zero-order valence-corrected chi connectivity index (χ0v) is 18.3. The summed E-state index contributed by atoms with van der Waals surface area (Å²) in [5.41, 5.74) is 3.50. The van der Waals surface area contributed by atoms with Crippen LogP contribution in [0.25, 0.3) is 0 Å². The Hall–Kier alpha value is -3.68. The van der Waals surface area contributed by atoms with Crippen LogP contribution in [0.4, 0.5) is 10.5 Å². The van der Waals surface area contributed by atoms with E-state index in [0.717, 1.165) is 29.7 Å². The fourth-order valence-electron chi connectivity index (χ4n) is 4.99. The third kappa shape index (κ3) is 4.20. The van der Waals surface area contributed by atoms with Crippen molar-refractivity contribution < 1.29 is 19.2 Å². The summed E-state index contributed by atoms with van der Waals surface area (Å²) in [6.45, 7) is 1.72. The first-order valence-corrected chi connectivity index (χ1v) is 11.4. The molecule has 8 heteroatoms. The van der Waals surface area contributed by atoms with Crippen molar-refractivity contribution in [1.29, 1.82) is 0 Å². The van der Waals surface area contributed by atoms with Crippen LogP contribution in [0.1, 0.15) is 53.1 Å². The molecule has 2 saturated heterocycles. The molecule has 2 fully saturated rings. The first-order chi connectivity index (χ1) is 16.0. The number of urea groups is 1. The second-order valence-corrected chi connectivity index (χ2v) is 8.87. The van der Waals surface area contributed by atoms with Gasteiger partial charge in [-0.1, -0.05) is 30.3 Å². The summed E-state index contributed by atoms with van der Waals surface area (Å²) in [6.07, 6.45) is 2.32. The summed E-state index contributed by atoms with van der Waals surface area (Å²) in [7, 11) is 0. The van der Waals surface area contributed by atoms with Gasteiger partial charge in [0.2, 0.25) is 11.8 Å². The van der Waals surface area contributed by atoms with Gasteiger partial charge in [-0.3, -0.25) is 19.7 Å². The van der Waals surface area contributed by atoms with Crippen molar-refractivity contribution in [3.8, 4) is 0 Å². The van der Waals surface area contributed by atoms with Gasteiger partial charge in [0.15, 0.2) is 0 Å². The van der Waals surface area contributed by atoms with Crippen molar-refractivity contribution in [3.05, 3.63) is 65.2 Å². The molecule has 3 aliphatic rings. The van der Waals surface area contributed by atoms with Gasteiger partial charge < -0.3 is 15.1 Å². The van der Waals surface area contributed by atoms with Gasteiger partial charge in [-0.25, -0.2) is 4.79 Å². The van der Waals surface area contributed by atoms with Crippen molar-refractivity contribution in [2.45, 2.75) is 44.2 Å². The molecule has 33 heavy (non-hydrogen) atoms. The van der Waals surface area contributed by atoms with Crippen molar-refractivity contribution in [3.63, 3.8) is 0 Å². The minimum atomic E-state index is -0.600. The van der Waals surface area contributed by atoms with Crippen LogP contribution in [0.2, 0.25) is 0 Å². The second kappa shape index (κ2) is 8.69. The van der Waals surface area contributed by atoms with Crippen LogP contribution >= 0.6 is 0 Å². The standard InChI is InChI=1S/C25H26N4O4/c30-22-9-8-21(23(31)27-22)29-15-18-14-17(6-7-20(18)24(29)32)16-10-12-28(13-11-16)25(33)26-19-4-2-1-3-5-19/h1-7,14,16,21H,8-13,15H2,(H,26,33)(H,27,30,31). The van der Waals surface area contributed by atoms with E-state index >= 15 is 0 Å². The van der Waals surface area contributed by atoms with Crippen LogP contribution < -0.4 is 10.6 Å². The zero-order chi connectivity index (χ0) is 22.9. The van der Waals surface area contributed by atoms with Gasteiger partial charge in [-0.15, -0.1) is 0 Å². The van der Waals surface area contributed by atoms with E-state index in [2.05, 4.69) is 16.7 Å². The molecule has 5 rings (SSSR count). The van der Waals surface area contributed by atoms with E-state index in [1.807, 2.05) is 47.4 Å². The number of fused-ring (bicyclic) bond motifs is 1. The number of nitrogens with zero attached hydrogens (tertiary/aromatic N) is 2. The number of piperidine rings is 2. The van der Waals surface area contributed by atoms with Crippen LogP contribution in [-0.2, 0) is 16.1 Å². The fourth-order valence-corrected chi connectivity index (χ4v) is 4.99. The number of hydrogen-bond acceptors (Lipinski definition) is 4. The van der Waals surface area contributed by atoms with Gasteiger partial charge in [0, 0.05) is 37.3 Å². The van der Waals surface area contributed by atoms with E-state index in [0.29, 0.717) is 37.5 Å². The lowest BCUT2D eigenvalue weighted by Crippen LogP contribution is -2.52. The van der Waals surface area contributed by atoms with Gasteiger partial charge >= 0.3 is 6.03 Å². The van der Waals surface area contributed by atoms with Crippen molar-refractivity contribution in [2.24, 2.45) is 0 Å². The number of carbonyl (C=O) groups excluding carboxylic acids is 4. The molecule has 2 N–H and O–H groups in total. The number of carbonyl (C=O) groups is 4. The van der Waals surface area contributed by atoms with E-state index in [9.17, 15) is 19.2 Å². The Kier molecular flexibility index (Phi) is 5.58. The first kappa shape index (κ1) is 21.2. The third-order valence-corrected chi connectivity index (χ3v) is 6.83. The molecule has 2 aromatic rings. The van der Waals surface area contributed by atoms with Gasteiger partial charge in [-0.05, 0) is 54.5 Å². The highest BCUT2D eigenvalue weighted by Crippen LogP contribution is 2.33. The summed E-state index contributed by atoms with van der Waals surface area (Å²) in [5.74, 6) is -0.519. The summed E-state index contributed by atoms with van der Waals surface area (Å²) in [6, 6.07) is 14.7. The topological polar surface area (TPSA) is 98.8 Å². The number of anilines is 1. The molecule has 5 amide bonds. The predicted octanol–water partition coefficient (Wildman–Crippen LogP) is 2.86. The quantitative estimate of drug-likeness (QED) is 0.709. The van der Waals surface area contributed by atoms with Crippen molar-refractivity contribution >= 4 is 29.4 Å². The largest absolute Gasteiger partial charge is 0.324 e. The summed E-state index contributed by atoms with van der Waals surface area (Å²) in [5, 5.41) is 5.27. The molecular formula is C25H26N4O4. The van der Waals surface area contributed by atoms with Gasteiger partial charge in [0.05, 0.1) is 0 Å². The monoisotopic (exact) mass is 446 g/mol. The molecule has 0 aliphatic carbocycles. The molecule has 8 nitrogen and oxygen atoms in total. The number of para-hydroxylation sites is 1. The van der Waals surface area contributed by atoms with Gasteiger partial charge in [-0.2, -0.15) is 0 Å². The Morgan fingerprint density at radius 2 is 1.73 bits per heavy atom. The smallest absolute Gasteiger partial charge is 0.321 e. The molecule has 1 unspecified atom stereocenters. The Morgan fingerprint density at radius 3 is 2.45 bits per heavy atom. The SMILES string of the molecule is O=C1CCC(N2Cc3cc(C4CCN(C(=O)Nc5ccccc5)CC4)ccc3C2=O)C(=O)N1. The fraction of sp³-hybridized carbons (Fsp3) is 0.360. The van der Waals surface area contributed by atoms with E-state index in [1.54, 1.807) is 4.90 Å². The lowest BCUT2D eigenvalue weighted by Gasteiger charge is -2.32. The van der Waals surface area contributed by atoms with E-state index in [-0.39, 0.29) is 24.3 Å². The minimum absolute atomic E-state index is 0.0842. The molecule has 2 aromatic carbocycles. The average molecular weight is 447 g/mol. The van der Waals surface area contributed by atoms with Crippen molar-refractivity contribution in [1.82, 2.24) is 15.1 Å². The number of rotatable bonds is 3. The molecule has 0 radical (unpaired) electrons. The van der Waals surface area contributed by atoms with E-state index in [1.165, 1.54) is 0 Å². The normalized spacial score (nSPS) is 21.1. The van der Waals surface area contributed by atoms with Crippen LogP contribution in [0.15, 0.2) is 48.5 Å². The van der Waals surface area contributed by atoms with Gasteiger partial charge in [0.25, 0.3) is 5.91 Å². The molecule has 0 bridgehead atoms. The number of hydrogen-bond donors (Lipinski definition) is 2. The third-order valence-electron chi connectivity index (χ3n) is 6.83. The molecular weight excluding hydrogens is 420 g/mol. The Labute approximate surface area is 191 Å². The molecule has 170 valence electrons. The maximum Gasteiger partial charge on any atom is 0.321 e. The van der Waals surface area contributed by atoms with E-state index < -0.39 is 11.9 Å². The maximum absolute atomic E-state index is 12.9. The molecule has 0 saturated carbocycles. The molecule has 0 aromatic heterocycles. The number of imide groups is 1. The number of benzene rings is 2. The first-order valence-electron chi connectivity index (χ1n) is 11.4. The maximum atomic E-state index is 12.9. The highest BCUT2D eigenvalue weighted by molar-refractivity contribution is 6.05. The zero-order valence-electron chi connectivity index (χ0n) is 18.3. The molecule has 0 spiro atoms. The second-order valence-electron chi connectivity index (χ2n) is 8.87.